The second-order valence-corrected chi connectivity index (χ2v) is 9.75. The average Bonchev–Trinajstić information content (AvgIpc) is 3.37. The van der Waals surface area contributed by atoms with E-state index in [2.05, 4.69) is 26.5 Å². The number of benzene rings is 1. The van der Waals surface area contributed by atoms with Gasteiger partial charge in [-0.2, -0.15) is 5.26 Å². The molecule has 160 valence electrons. The number of carbonyl (C=O) groups excluding carboxylic acids is 1. The highest BCUT2D eigenvalue weighted by molar-refractivity contribution is 8.00. The van der Waals surface area contributed by atoms with Crippen LogP contribution in [0.4, 0.5) is 5.95 Å². The maximum absolute atomic E-state index is 12.8. The largest absolute Gasteiger partial charge is 0.341 e. The molecule has 0 spiro atoms. The molecule has 3 rings (SSSR count). The summed E-state index contributed by atoms with van der Waals surface area (Å²) >= 11 is 7.55. The molecule has 1 saturated heterocycles. The standard InChI is InChI=1S/C21H27ClN6OS/c1-14(2)21(4,13-23)24-18(29)15(3)30-20-26-25-19(27-10-5-6-11-27)28(20)17-9-7-8-16(22)12-17/h7-9,12,14-15H,5-6,10-11H2,1-4H3,(H,24,29)/t15-,21+/m0/s1. The molecule has 2 aromatic rings. The summed E-state index contributed by atoms with van der Waals surface area (Å²) < 4.78 is 1.96. The second kappa shape index (κ2) is 9.27. The van der Waals surface area contributed by atoms with Gasteiger partial charge in [-0.1, -0.05) is 43.3 Å². The molecule has 1 N–H and O–H groups in total. The van der Waals surface area contributed by atoms with Gasteiger partial charge in [0.2, 0.25) is 11.9 Å². The zero-order valence-corrected chi connectivity index (χ0v) is 19.3. The fraction of sp³-hybridized carbons (Fsp3) is 0.524. The number of thioether (sulfide) groups is 1. The Bertz CT molecular complexity index is 949. The lowest BCUT2D eigenvalue weighted by molar-refractivity contribution is -0.121. The lowest BCUT2D eigenvalue weighted by Gasteiger charge is -2.28. The maximum Gasteiger partial charge on any atom is 0.234 e. The number of amides is 1. The van der Waals surface area contributed by atoms with Crippen LogP contribution in [0.3, 0.4) is 0 Å². The number of hydrogen-bond donors (Lipinski definition) is 1. The van der Waals surface area contributed by atoms with Crippen molar-refractivity contribution in [3.05, 3.63) is 29.3 Å². The highest BCUT2D eigenvalue weighted by Gasteiger charge is 2.33. The third kappa shape index (κ3) is 4.73. The van der Waals surface area contributed by atoms with E-state index in [-0.39, 0.29) is 11.8 Å². The predicted molar refractivity (Wildman–Crippen MR) is 120 cm³/mol. The van der Waals surface area contributed by atoms with Gasteiger partial charge in [0.1, 0.15) is 5.54 Å². The SMILES string of the molecule is CC(C)[C@@](C)(C#N)NC(=O)[C@H](C)Sc1nnc(N2CCCC2)n1-c1cccc(Cl)c1. The second-order valence-electron chi connectivity index (χ2n) is 8.01. The van der Waals surface area contributed by atoms with E-state index in [9.17, 15) is 10.1 Å². The molecule has 0 unspecified atom stereocenters. The minimum absolute atomic E-state index is 0.0134. The van der Waals surface area contributed by atoms with Crippen LogP contribution < -0.4 is 10.2 Å². The fourth-order valence-corrected chi connectivity index (χ4v) is 4.22. The number of nitriles is 1. The van der Waals surface area contributed by atoms with E-state index in [0.29, 0.717) is 10.2 Å². The normalized spacial score (nSPS) is 16.9. The van der Waals surface area contributed by atoms with Crippen molar-refractivity contribution in [3.63, 3.8) is 0 Å². The van der Waals surface area contributed by atoms with Crippen LogP contribution in [-0.2, 0) is 4.79 Å². The van der Waals surface area contributed by atoms with Crippen LogP contribution in [-0.4, -0.2) is 44.6 Å². The molecule has 2 atom stereocenters. The predicted octanol–water partition coefficient (Wildman–Crippen LogP) is 4.06. The number of rotatable bonds is 7. The summed E-state index contributed by atoms with van der Waals surface area (Å²) in [5, 5.41) is 22.0. The monoisotopic (exact) mass is 446 g/mol. The van der Waals surface area contributed by atoms with Crippen LogP contribution in [0, 0.1) is 17.2 Å². The number of halogens is 1. The Morgan fingerprint density at radius 2 is 2.00 bits per heavy atom. The first-order valence-corrected chi connectivity index (χ1v) is 11.4. The summed E-state index contributed by atoms with van der Waals surface area (Å²) in [4.78, 5) is 15.0. The quantitative estimate of drug-likeness (QED) is 0.645. The van der Waals surface area contributed by atoms with Crippen LogP contribution in [0.2, 0.25) is 5.02 Å². The van der Waals surface area contributed by atoms with Gasteiger partial charge < -0.3 is 10.2 Å². The summed E-state index contributed by atoms with van der Waals surface area (Å²) in [6.07, 6.45) is 2.23. The molecule has 0 radical (unpaired) electrons. The van der Waals surface area contributed by atoms with E-state index in [1.54, 1.807) is 6.92 Å². The van der Waals surface area contributed by atoms with E-state index < -0.39 is 10.8 Å². The van der Waals surface area contributed by atoms with Crippen molar-refractivity contribution in [2.75, 3.05) is 18.0 Å². The Morgan fingerprint density at radius 1 is 1.30 bits per heavy atom. The third-order valence-corrected chi connectivity index (χ3v) is 6.77. The topological polar surface area (TPSA) is 86.8 Å². The Labute approximate surface area is 186 Å². The van der Waals surface area contributed by atoms with Crippen molar-refractivity contribution >= 4 is 35.2 Å². The molecule has 0 bridgehead atoms. The molecule has 1 aliphatic heterocycles. The average molecular weight is 447 g/mol. The Morgan fingerprint density at radius 3 is 2.60 bits per heavy atom. The third-order valence-electron chi connectivity index (χ3n) is 5.49. The van der Waals surface area contributed by atoms with Crippen molar-refractivity contribution in [2.45, 2.75) is 56.5 Å². The van der Waals surface area contributed by atoms with Crippen LogP contribution in [0.5, 0.6) is 0 Å². The molecule has 0 aliphatic carbocycles. The van der Waals surface area contributed by atoms with Gasteiger partial charge in [0, 0.05) is 18.1 Å². The summed E-state index contributed by atoms with van der Waals surface area (Å²) in [5.74, 6) is 0.538. The molecule has 2 heterocycles. The van der Waals surface area contributed by atoms with Crippen LogP contribution in [0.25, 0.3) is 5.69 Å². The highest BCUT2D eigenvalue weighted by Crippen LogP contribution is 2.32. The first kappa shape index (κ1) is 22.4. The number of aromatic nitrogens is 3. The van der Waals surface area contributed by atoms with Gasteiger partial charge in [-0.05, 0) is 50.8 Å². The molecule has 30 heavy (non-hydrogen) atoms. The van der Waals surface area contributed by atoms with E-state index >= 15 is 0 Å². The van der Waals surface area contributed by atoms with Gasteiger partial charge in [0.05, 0.1) is 17.0 Å². The maximum atomic E-state index is 12.8. The van der Waals surface area contributed by atoms with Gasteiger partial charge in [-0.3, -0.25) is 9.36 Å². The summed E-state index contributed by atoms with van der Waals surface area (Å²) in [7, 11) is 0. The highest BCUT2D eigenvalue weighted by atomic mass is 35.5. The van der Waals surface area contributed by atoms with Crippen LogP contribution in [0.15, 0.2) is 29.4 Å². The van der Waals surface area contributed by atoms with Crippen molar-refractivity contribution < 1.29 is 4.79 Å². The van der Waals surface area contributed by atoms with Crippen LogP contribution in [0.1, 0.15) is 40.5 Å². The molecular weight excluding hydrogens is 420 g/mol. The Hall–Kier alpha value is -2.24. The van der Waals surface area contributed by atoms with E-state index in [1.165, 1.54) is 11.8 Å². The number of anilines is 1. The Kier molecular flexibility index (Phi) is 6.94. The molecule has 1 fully saturated rings. The van der Waals surface area contributed by atoms with Gasteiger partial charge in [0.15, 0.2) is 5.16 Å². The van der Waals surface area contributed by atoms with Crippen molar-refractivity contribution in [1.29, 1.82) is 5.26 Å². The lowest BCUT2D eigenvalue weighted by Crippen LogP contribution is -2.51. The molecule has 7 nitrogen and oxygen atoms in total. The minimum Gasteiger partial charge on any atom is -0.341 e. The van der Waals surface area contributed by atoms with Crippen molar-refractivity contribution in [2.24, 2.45) is 5.92 Å². The Balaban J connectivity index is 1.89. The fourth-order valence-electron chi connectivity index (χ4n) is 3.17. The number of nitrogens with one attached hydrogen (secondary N) is 1. The van der Waals surface area contributed by atoms with Gasteiger partial charge in [0.25, 0.3) is 0 Å². The van der Waals surface area contributed by atoms with E-state index in [1.807, 2.05) is 49.6 Å². The summed E-state index contributed by atoms with van der Waals surface area (Å²) in [6.45, 7) is 9.24. The molecule has 9 heteroatoms. The van der Waals surface area contributed by atoms with Crippen molar-refractivity contribution in [3.8, 4) is 11.8 Å². The number of hydrogen-bond acceptors (Lipinski definition) is 6. The summed E-state index contributed by atoms with van der Waals surface area (Å²) in [5.41, 5.74) is -0.0682. The minimum atomic E-state index is -0.923. The number of carbonyl (C=O) groups is 1. The van der Waals surface area contributed by atoms with E-state index in [0.717, 1.165) is 37.6 Å². The molecular formula is C21H27ClN6OS. The number of nitrogens with zero attached hydrogens (tertiary/aromatic N) is 5. The van der Waals surface area contributed by atoms with Crippen LogP contribution >= 0.6 is 23.4 Å². The first-order valence-electron chi connectivity index (χ1n) is 10.1. The molecule has 1 aromatic carbocycles. The van der Waals surface area contributed by atoms with Crippen molar-refractivity contribution in [1.82, 2.24) is 20.1 Å². The molecule has 1 aromatic heterocycles. The van der Waals surface area contributed by atoms with Gasteiger partial charge >= 0.3 is 0 Å². The zero-order valence-electron chi connectivity index (χ0n) is 17.7. The zero-order chi connectivity index (χ0) is 21.9. The lowest BCUT2D eigenvalue weighted by atomic mass is 9.90. The van der Waals surface area contributed by atoms with E-state index in [4.69, 9.17) is 11.6 Å². The molecule has 1 aliphatic rings. The summed E-state index contributed by atoms with van der Waals surface area (Å²) in [6, 6.07) is 9.74. The van der Waals surface area contributed by atoms with Gasteiger partial charge in [-0.15, -0.1) is 10.2 Å². The smallest absolute Gasteiger partial charge is 0.234 e. The van der Waals surface area contributed by atoms with Gasteiger partial charge in [-0.25, -0.2) is 0 Å². The first-order chi connectivity index (χ1) is 14.2. The molecule has 1 amide bonds. The molecule has 0 saturated carbocycles.